The molecule has 3 aromatic carbocycles. The molecule has 0 heterocycles. The summed E-state index contributed by atoms with van der Waals surface area (Å²) in [5.41, 5.74) is 2.37. The minimum absolute atomic E-state index is 0.0324. The first-order valence-corrected chi connectivity index (χ1v) is 15.0. The number of para-hydroxylation sites is 3. The molecule has 1 aliphatic carbocycles. The third-order valence-electron chi connectivity index (χ3n) is 8.25. The second-order valence-corrected chi connectivity index (χ2v) is 11.2. The fraction of sp³-hybridized carbons (Fsp3) is 0.353. The molecule has 0 radical (unpaired) electrons. The van der Waals surface area contributed by atoms with E-state index in [0.29, 0.717) is 22.7 Å². The minimum atomic E-state index is -0.968. The van der Waals surface area contributed by atoms with Crippen molar-refractivity contribution in [3.8, 4) is 5.75 Å². The van der Waals surface area contributed by atoms with Gasteiger partial charge >= 0.3 is 17.9 Å². The van der Waals surface area contributed by atoms with Gasteiger partial charge in [0.2, 0.25) is 0 Å². The van der Waals surface area contributed by atoms with E-state index in [1.807, 2.05) is 55.6 Å². The van der Waals surface area contributed by atoms with Crippen LogP contribution >= 0.6 is 0 Å². The minimum Gasteiger partial charge on any atom is -0.481 e. The van der Waals surface area contributed by atoms with Crippen molar-refractivity contribution in [1.82, 2.24) is 9.80 Å². The molecule has 1 fully saturated rings. The van der Waals surface area contributed by atoms with Crippen molar-refractivity contribution in [1.29, 1.82) is 0 Å². The second-order valence-electron chi connectivity index (χ2n) is 11.2. The lowest BCUT2D eigenvalue weighted by molar-refractivity contribution is -0.136. The fourth-order valence-corrected chi connectivity index (χ4v) is 5.73. The number of carboxylic acid groups (broad SMARTS) is 1. The SMILES string of the molecule is CN(C(=O)COc1ccccc1[N+](C)(C(=O)CNC(=O)Nc1cccc(CC(=O)O)c1)C1CCCCCC1)c1ccccc1. The van der Waals surface area contributed by atoms with Crippen molar-refractivity contribution in [2.24, 2.45) is 0 Å². The Kier molecular flexibility index (Phi) is 11.1. The van der Waals surface area contributed by atoms with Crippen LogP contribution in [0.1, 0.15) is 44.1 Å². The van der Waals surface area contributed by atoms with E-state index >= 15 is 0 Å². The average molecular weight is 602 g/mol. The average Bonchev–Trinajstić information content (AvgIpc) is 3.32. The molecule has 10 heteroatoms. The number of hydrogen-bond acceptors (Lipinski definition) is 5. The lowest BCUT2D eigenvalue weighted by atomic mass is 10.0. The number of rotatable bonds is 11. The number of aliphatic carboxylic acids is 1. The number of nitrogens with zero attached hydrogens (tertiary/aromatic N) is 2. The quantitative estimate of drug-likeness (QED) is 0.201. The molecule has 4 amide bonds. The zero-order chi connectivity index (χ0) is 31.5. The van der Waals surface area contributed by atoms with Crippen molar-refractivity contribution in [2.45, 2.75) is 51.0 Å². The van der Waals surface area contributed by atoms with Gasteiger partial charge in [0.25, 0.3) is 5.91 Å². The first kappa shape index (κ1) is 32.2. The highest BCUT2D eigenvalue weighted by atomic mass is 16.5. The summed E-state index contributed by atoms with van der Waals surface area (Å²) < 4.78 is 6.03. The number of urea groups is 1. The molecular formula is C34H41N4O6+. The Labute approximate surface area is 258 Å². The molecular weight excluding hydrogens is 560 g/mol. The Morgan fingerprint density at radius 3 is 2.30 bits per heavy atom. The van der Waals surface area contributed by atoms with E-state index in [1.165, 1.54) is 4.90 Å². The van der Waals surface area contributed by atoms with E-state index in [4.69, 9.17) is 9.84 Å². The van der Waals surface area contributed by atoms with Gasteiger partial charge in [-0.3, -0.25) is 9.59 Å². The standard InChI is InChI=1S/C34H40N4O6/c1-37(27-15-6-5-7-16-27)31(39)24-44-30-20-11-10-19-29(30)38(2,28-17-8-3-4-9-18-28)32(40)23-35-34(43)36-26-14-12-13-25(21-26)22-33(41)42/h5-7,10-16,19-21,28H,3-4,8-9,17-18,22-24H2,1-2H3,(H2-,35,36,41,42,43)/p+1. The number of quaternary nitrogens is 1. The van der Waals surface area contributed by atoms with E-state index in [9.17, 15) is 19.2 Å². The van der Waals surface area contributed by atoms with Crippen LogP contribution in [-0.2, 0) is 20.8 Å². The van der Waals surface area contributed by atoms with Crippen LogP contribution in [0.4, 0.5) is 21.9 Å². The van der Waals surface area contributed by atoms with Crippen LogP contribution in [0.15, 0.2) is 78.9 Å². The van der Waals surface area contributed by atoms with Crippen LogP contribution in [0.5, 0.6) is 5.75 Å². The van der Waals surface area contributed by atoms with Gasteiger partial charge in [0.05, 0.1) is 13.5 Å². The van der Waals surface area contributed by atoms with Crippen LogP contribution in [0.25, 0.3) is 0 Å². The summed E-state index contributed by atoms with van der Waals surface area (Å²) in [6.07, 6.45) is 5.72. The molecule has 44 heavy (non-hydrogen) atoms. The highest BCUT2D eigenvalue weighted by Gasteiger charge is 2.44. The molecule has 0 saturated heterocycles. The normalized spacial score (nSPS) is 14.9. The first-order valence-electron chi connectivity index (χ1n) is 15.0. The van der Waals surface area contributed by atoms with Gasteiger partial charge in [-0.05, 0) is 48.7 Å². The number of anilines is 2. The highest BCUT2D eigenvalue weighted by Crippen LogP contribution is 2.38. The van der Waals surface area contributed by atoms with E-state index in [1.54, 1.807) is 37.4 Å². The van der Waals surface area contributed by atoms with Gasteiger partial charge in [-0.25, -0.2) is 14.1 Å². The van der Waals surface area contributed by atoms with E-state index in [-0.39, 0.29) is 41.9 Å². The molecule has 3 N–H and O–H groups in total. The highest BCUT2D eigenvalue weighted by molar-refractivity contribution is 5.97. The largest absolute Gasteiger partial charge is 0.481 e. The van der Waals surface area contributed by atoms with Crippen molar-refractivity contribution in [3.05, 3.63) is 84.4 Å². The van der Waals surface area contributed by atoms with Crippen molar-refractivity contribution < 1.29 is 29.0 Å². The van der Waals surface area contributed by atoms with Gasteiger partial charge in [-0.1, -0.05) is 55.3 Å². The van der Waals surface area contributed by atoms with Gasteiger partial charge in [-0.15, -0.1) is 0 Å². The van der Waals surface area contributed by atoms with Crippen molar-refractivity contribution >= 4 is 40.9 Å². The molecule has 1 atom stereocenters. The van der Waals surface area contributed by atoms with Crippen molar-refractivity contribution in [3.63, 3.8) is 0 Å². The molecule has 0 aromatic heterocycles. The molecule has 0 aliphatic heterocycles. The molecule has 3 aromatic rings. The molecule has 0 bridgehead atoms. The van der Waals surface area contributed by atoms with E-state index in [0.717, 1.165) is 44.2 Å². The number of likely N-dealkylation sites (N-methyl/N-ethyl adjacent to an activating group) is 2. The Bertz CT molecular complexity index is 1450. The summed E-state index contributed by atoms with van der Waals surface area (Å²) >= 11 is 0. The number of carboxylic acids is 1. The predicted octanol–water partition coefficient (Wildman–Crippen LogP) is 5.36. The number of carbonyl (C=O) groups is 4. The molecule has 0 spiro atoms. The predicted molar refractivity (Wildman–Crippen MR) is 171 cm³/mol. The van der Waals surface area contributed by atoms with E-state index in [2.05, 4.69) is 10.6 Å². The first-order chi connectivity index (χ1) is 21.2. The molecule has 4 rings (SSSR count). The summed E-state index contributed by atoms with van der Waals surface area (Å²) in [4.78, 5) is 52.5. The van der Waals surface area contributed by atoms with Gasteiger partial charge in [0.1, 0.15) is 12.6 Å². The number of nitrogens with one attached hydrogen (secondary N) is 2. The summed E-state index contributed by atoms with van der Waals surface area (Å²) in [7, 11) is 3.56. The van der Waals surface area contributed by atoms with Crippen LogP contribution in [-0.4, -0.2) is 62.2 Å². The maximum absolute atomic E-state index is 14.1. The topological polar surface area (TPSA) is 125 Å². The third-order valence-corrected chi connectivity index (χ3v) is 8.25. The maximum atomic E-state index is 14.1. The summed E-state index contributed by atoms with van der Waals surface area (Å²) in [5.74, 6) is -0.964. The van der Waals surface area contributed by atoms with E-state index < -0.39 is 12.0 Å². The number of ether oxygens (including phenoxy) is 1. The molecule has 1 aliphatic rings. The summed E-state index contributed by atoms with van der Waals surface area (Å²) in [5, 5.41) is 14.4. The Hall–Kier alpha value is -4.70. The Morgan fingerprint density at radius 2 is 1.59 bits per heavy atom. The fourth-order valence-electron chi connectivity index (χ4n) is 5.73. The summed E-state index contributed by atoms with van der Waals surface area (Å²) in [6.45, 7) is -0.444. The molecule has 1 unspecified atom stereocenters. The lowest BCUT2D eigenvalue weighted by Crippen LogP contribution is -2.61. The second kappa shape index (κ2) is 15.2. The number of hydrogen-bond donors (Lipinski definition) is 3. The van der Waals surface area contributed by atoms with Gasteiger partial charge < -0.3 is 25.4 Å². The monoisotopic (exact) mass is 601 g/mol. The van der Waals surface area contributed by atoms with Crippen LogP contribution in [0.3, 0.4) is 0 Å². The van der Waals surface area contributed by atoms with Gasteiger partial charge in [0.15, 0.2) is 18.0 Å². The van der Waals surface area contributed by atoms with Gasteiger partial charge in [0, 0.05) is 37.3 Å². The van der Waals surface area contributed by atoms with Crippen molar-refractivity contribution in [2.75, 3.05) is 37.5 Å². The molecule has 232 valence electrons. The Balaban J connectivity index is 1.51. The summed E-state index contributed by atoms with van der Waals surface area (Å²) in [6, 6.07) is 22.6. The Morgan fingerprint density at radius 1 is 0.909 bits per heavy atom. The van der Waals surface area contributed by atoms with Gasteiger partial charge in [-0.2, -0.15) is 0 Å². The lowest BCUT2D eigenvalue weighted by Gasteiger charge is -2.39. The van der Waals surface area contributed by atoms with Crippen LogP contribution in [0, 0.1) is 0 Å². The molecule has 10 nitrogen and oxygen atoms in total. The zero-order valence-corrected chi connectivity index (χ0v) is 25.3. The maximum Gasteiger partial charge on any atom is 0.338 e. The third kappa shape index (κ3) is 8.23. The molecule has 1 saturated carbocycles. The number of carbonyl (C=O) groups excluding carboxylic acids is 3. The number of amides is 4. The smallest absolute Gasteiger partial charge is 0.338 e. The van der Waals surface area contributed by atoms with Crippen LogP contribution < -0.4 is 24.8 Å². The number of benzene rings is 3. The van der Waals surface area contributed by atoms with Crippen LogP contribution in [0.2, 0.25) is 0 Å². The zero-order valence-electron chi connectivity index (χ0n) is 25.3.